The molecular weight excluding hydrogens is 320 g/mol. The van der Waals surface area contributed by atoms with Crippen LogP contribution in [-0.4, -0.2) is 33.8 Å². The number of nitrogens with one attached hydrogen (secondary N) is 2. The monoisotopic (exact) mass is 338 g/mol. The first-order chi connectivity index (χ1) is 12.0. The summed E-state index contributed by atoms with van der Waals surface area (Å²) >= 11 is 0. The van der Waals surface area contributed by atoms with E-state index in [9.17, 15) is 14.4 Å². The molecule has 2 heterocycles. The zero-order valence-corrected chi connectivity index (χ0v) is 13.9. The van der Waals surface area contributed by atoms with Crippen LogP contribution in [0.4, 0.5) is 10.5 Å². The van der Waals surface area contributed by atoms with Crippen LogP contribution in [0.2, 0.25) is 0 Å². The Kier molecular flexibility index (Phi) is 4.47. The molecule has 0 saturated heterocycles. The smallest absolute Gasteiger partial charge is 0.319 e. The average Bonchev–Trinajstić information content (AvgIpc) is 2.84. The van der Waals surface area contributed by atoms with Gasteiger partial charge >= 0.3 is 6.03 Å². The third kappa shape index (κ3) is 3.35. The molecule has 25 heavy (non-hydrogen) atoms. The van der Waals surface area contributed by atoms with Gasteiger partial charge in [0.05, 0.1) is 23.4 Å². The summed E-state index contributed by atoms with van der Waals surface area (Å²) in [5.41, 5.74) is 1.85. The Morgan fingerprint density at radius 2 is 1.88 bits per heavy atom. The first-order valence-corrected chi connectivity index (χ1v) is 7.94. The molecule has 128 valence electrons. The molecule has 3 rings (SSSR count). The van der Waals surface area contributed by atoms with Crippen molar-refractivity contribution in [3.63, 3.8) is 0 Å². The van der Waals surface area contributed by atoms with Crippen molar-refractivity contribution in [2.24, 2.45) is 0 Å². The lowest BCUT2D eigenvalue weighted by Gasteiger charge is -2.17. The van der Waals surface area contributed by atoms with Crippen molar-refractivity contribution in [3.05, 3.63) is 59.4 Å². The number of anilines is 1. The molecule has 1 aromatic heterocycles. The van der Waals surface area contributed by atoms with Crippen LogP contribution >= 0.6 is 0 Å². The molecule has 2 N–H and O–H groups in total. The number of fused-ring (bicyclic) bond motifs is 1. The van der Waals surface area contributed by atoms with Gasteiger partial charge in [0, 0.05) is 17.9 Å². The van der Waals surface area contributed by atoms with Crippen molar-refractivity contribution < 1.29 is 14.4 Å². The van der Waals surface area contributed by atoms with Crippen molar-refractivity contribution in [2.45, 2.75) is 26.4 Å². The third-order valence-corrected chi connectivity index (χ3v) is 3.85. The lowest BCUT2D eigenvalue weighted by molar-refractivity contribution is 0.0609. The van der Waals surface area contributed by atoms with E-state index in [2.05, 4.69) is 15.6 Å². The summed E-state index contributed by atoms with van der Waals surface area (Å²) in [5.74, 6) is -0.645. The van der Waals surface area contributed by atoms with E-state index in [0.717, 1.165) is 5.69 Å². The largest absolute Gasteiger partial charge is 0.332 e. The summed E-state index contributed by atoms with van der Waals surface area (Å²) in [6, 6.07) is 9.51. The second-order valence-corrected chi connectivity index (χ2v) is 5.96. The first kappa shape index (κ1) is 16.6. The normalized spacial score (nSPS) is 13.2. The van der Waals surface area contributed by atoms with Crippen LogP contribution in [0.25, 0.3) is 0 Å². The molecule has 2 aromatic rings. The molecule has 0 atom stereocenters. The Morgan fingerprint density at radius 1 is 1.12 bits per heavy atom. The van der Waals surface area contributed by atoms with Gasteiger partial charge in [0.25, 0.3) is 11.8 Å². The lowest BCUT2D eigenvalue weighted by Crippen LogP contribution is -2.35. The highest BCUT2D eigenvalue weighted by molar-refractivity contribution is 6.22. The van der Waals surface area contributed by atoms with E-state index < -0.39 is 6.03 Å². The van der Waals surface area contributed by atoms with E-state index in [1.807, 2.05) is 6.07 Å². The SMILES string of the molecule is CC(C)N1C(=O)c2ccc(NC(=O)NCc3ccccn3)cc2C1=O. The number of nitrogens with zero attached hydrogens (tertiary/aromatic N) is 2. The molecule has 0 radical (unpaired) electrons. The molecule has 0 saturated carbocycles. The number of hydrogen-bond donors (Lipinski definition) is 2. The molecule has 4 amide bonds. The van der Waals surface area contributed by atoms with Gasteiger partial charge in [0.15, 0.2) is 0 Å². The minimum atomic E-state index is -0.414. The fourth-order valence-corrected chi connectivity index (χ4v) is 2.66. The van der Waals surface area contributed by atoms with E-state index in [0.29, 0.717) is 16.8 Å². The number of rotatable bonds is 4. The van der Waals surface area contributed by atoms with Crippen LogP contribution in [0.3, 0.4) is 0 Å². The summed E-state index contributed by atoms with van der Waals surface area (Å²) in [4.78, 5) is 41.9. The molecule has 7 heteroatoms. The average molecular weight is 338 g/mol. The predicted molar refractivity (Wildman–Crippen MR) is 92.2 cm³/mol. The number of urea groups is 1. The maximum Gasteiger partial charge on any atom is 0.319 e. The summed E-state index contributed by atoms with van der Waals surface area (Å²) in [7, 11) is 0. The Morgan fingerprint density at radius 3 is 2.56 bits per heavy atom. The topological polar surface area (TPSA) is 91.4 Å². The van der Waals surface area contributed by atoms with Gasteiger partial charge in [-0.2, -0.15) is 0 Å². The molecular formula is C18H18N4O3. The van der Waals surface area contributed by atoms with Gasteiger partial charge < -0.3 is 10.6 Å². The van der Waals surface area contributed by atoms with Crippen LogP contribution in [0, 0.1) is 0 Å². The van der Waals surface area contributed by atoms with Gasteiger partial charge in [-0.3, -0.25) is 19.5 Å². The third-order valence-electron chi connectivity index (χ3n) is 3.85. The number of pyridine rings is 1. The second kappa shape index (κ2) is 6.72. The zero-order valence-electron chi connectivity index (χ0n) is 13.9. The van der Waals surface area contributed by atoms with Gasteiger partial charge in [-0.25, -0.2) is 4.79 Å². The Balaban J connectivity index is 1.68. The summed E-state index contributed by atoms with van der Waals surface area (Å²) in [6.45, 7) is 3.86. The maximum absolute atomic E-state index is 12.4. The Bertz CT molecular complexity index is 833. The first-order valence-electron chi connectivity index (χ1n) is 7.94. The second-order valence-electron chi connectivity index (χ2n) is 5.96. The number of amides is 4. The van der Waals surface area contributed by atoms with Crippen molar-refractivity contribution >= 4 is 23.5 Å². The van der Waals surface area contributed by atoms with Crippen LogP contribution in [0.15, 0.2) is 42.6 Å². The molecule has 0 bridgehead atoms. The standard InChI is InChI=1S/C18H18N4O3/c1-11(2)22-16(23)14-7-6-12(9-15(14)17(22)24)21-18(25)20-10-13-5-3-4-8-19-13/h3-9,11H,10H2,1-2H3,(H2,20,21,25). The lowest BCUT2D eigenvalue weighted by atomic mass is 10.1. The molecule has 1 aromatic carbocycles. The van der Waals surface area contributed by atoms with E-state index in [4.69, 9.17) is 0 Å². The van der Waals surface area contributed by atoms with E-state index >= 15 is 0 Å². The predicted octanol–water partition coefficient (Wildman–Crippen LogP) is 2.41. The van der Waals surface area contributed by atoms with Crippen LogP contribution in [0.1, 0.15) is 40.3 Å². The molecule has 0 fully saturated rings. The molecule has 0 spiro atoms. The van der Waals surface area contributed by atoms with Crippen LogP contribution in [-0.2, 0) is 6.54 Å². The van der Waals surface area contributed by atoms with Gasteiger partial charge in [-0.1, -0.05) is 6.07 Å². The number of aromatic nitrogens is 1. The Hall–Kier alpha value is -3.22. The fraction of sp³-hybridized carbons (Fsp3) is 0.222. The van der Waals surface area contributed by atoms with Crippen LogP contribution in [0.5, 0.6) is 0 Å². The van der Waals surface area contributed by atoms with Gasteiger partial charge in [-0.15, -0.1) is 0 Å². The van der Waals surface area contributed by atoms with E-state index in [-0.39, 0.29) is 24.4 Å². The quantitative estimate of drug-likeness (QED) is 0.838. The highest BCUT2D eigenvalue weighted by Gasteiger charge is 2.37. The van der Waals surface area contributed by atoms with Crippen molar-refractivity contribution in [3.8, 4) is 0 Å². The maximum atomic E-state index is 12.4. The summed E-state index contributed by atoms with van der Waals surface area (Å²) in [6.07, 6.45) is 1.65. The van der Waals surface area contributed by atoms with Gasteiger partial charge in [0.1, 0.15) is 0 Å². The fourth-order valence-electron chi connectivity index (χ4n) is 2.66. The van der Waals surface area contributed by atoms with Gasteiger partial charge in [-0.05, 0) is 44.2 Å². The van der Waals surface area contributed by atoms with Crippen molar-refractivity contribution in [1.82, 2.24) is 15.2 Å². The van der Waals surface area contributed by atoms with Gasteiger partial charge in [0.2, 0.25) is 0 Å². The van der Waals surface area contributed by atoms with E-state index in [1.165, 1.54) is 11.0 Å². The molecule has 1 aliphatic rings. The number of carbonyl (C=O) groups is 3. The van der Waals surface area contributed by atoms with Crippen LogP contribution < -0.4 is 10.6 Å². The minimum Gasteiger partial charge on any atom is -0.332 e. The Labute approximate surface area is 145 Å². The highest BCUT2D eigenvalue weighted by atomic mass is 16.2. The highest BCUT2D eigenvalue weighted by Crippen LogP contribution is 2.27. The molecule has 1 aliphatic heterocycles. The zero-order chi connectivity index (χ0) is 18.0. The number of imide groups is 1. The van der Waals surface area contributed by atoms with E-state index in [1.54, 1.807) is 44.3 Å². The van der Waals surface area contributed by atoms with Crippen molar-refractivity contribution in [1.29, 1.82) is 0 Å². The molecule has 0 unspecified atom stereocenters. The minimum absolute atomic E-state index is 0.217. The number of carbonyl (C=O) groups excluding carboxylic acids is 3. The number of benzene rings is 1. The summed E-state index contributed by atoms with van der Waals surface area (Å²) in [5, 5.41) is 5.35. The molecule has 7 nitrogen and oxygen atoms in total. The number of hydrogen-bond acceptors (Lipinski definition) is 4. The summed E-state index contributed by atoms with van der Waals surface area (Å²) < 4.78 is 0. The van der Waals surface area contributed by atoms with Crippen molar-refractivity contribution in [2.75, 3.05) is 5.32 Å². The molecule has 0 aliphatic carbocycles.